The molecule has 1 heterocycles. The lowest BCUT2D eigenvalue weighted by molar-refractivity contribution is 0.438. The first-order chi connectivity index (χ1) is 9.75. The summed E-state index contributed by atoms with van der Waals surface area (Å²) >= 11 is 5.95. The van der Waals surface area contributed by atoms with E-state index in [-0.39, 0.29) is 0 Å². The molecule has 0 unspecified atom stereocenters. The number of nitrogens with zero attached hydrogens (tertiary/aromatic N) is 1. The second-order valence-corrected chi connectivity index (χ2v) is 5.94. The summed E-state index contributed by atoms with van der Waals surface area (Å²) in [4.78, 5) is 4.55. The van der Waals surface area contributed by atoms with Gasteiger partial charge in [-0.2, -0.15) is 0 Å². The van der Waals surface area contributed by atoms with Crippen molar-refractivity contribution in [1.82, 2.24) is 4.98 Å². The first-order valence-corrected chi connectivity index (χ1v) is 7.64. The fraction of sp³-hybridized carbons (Fsp3) is 0.353. The van der Waals surface area contributed by atoms with Crippen LogP contribution in [0.5, 0.6) is 0 Å². The number of anilines is 1. The Balaban J connectivity index is 1.98. The second-order valence-electron chi connectivity index (χ2n) is 5.50. The van der Waals surface area contributed by atoms with Crippen molar-refractivity contribution in [1.29, 1.82) is 0 Å². The largest absolute Gasteiger partial charge is 0.397 e. The number of pyridine rings is 1. The number of nitrogens with two attached hydrogens (primary N) is 1. The van der Waals surface area contributed by atoms with Gasteiger partial charge in [-0.15, -0.1) is 0 Å². The average Bonchev–Trinajstić information content (AvgIpc) is 2.49. The van der Waals surface area contributed by atoms with Crippen molar-refractivity contribution in [2.45, 2.75) is 38.0 Å². The van der Waals surface area contributed by atoms with Crippen molar-refractivity contribution in [2.75, 3.05) is 5.73 Å². The first kappa shape index (κ1) is 13.4. The highest BCUT2D eigenvalue weighted by Gasteiger charge is 2.20. The molecule has 1 aliphatic carbocycles. The monoisotopic (exact) mass is 286 g/mol. The van der Waals surface area contributed by atoms with Gasteiger partial charge in [0.1, 0.15) is 0 Å². The van der Waals surface area contributed by atoms with E-state index in [9.17, 15) is 0 Å². The normalized spacial score (nSPS) is 16.2. The summed E-state index contributed by atoms with van der Waals surface area (Å²) in [5, 5.41) is 0.744. The van der Waals surface area contributed by atoms with Gasteiger partial charge in [-0.05, 0) is 36.6 Å². The van der Waals surface area contributed by atoms with Crippen LogP contribution in [0.25, 0.3) is 11.1 Å². The van der Waals surface area contributed by atoms with E-state index in [1.54, 1.807) is 0 Å². The molecule has 1 aromatic carbocycles. The van der Waals surface area contributed by atoms with Gasteiger partial charge in [-0.25, -0.2) is 0 Å². The number of nitrogen functional groups attached to an aromatic ring is 1. The number of halogens is 1. The fourth-order valence-corrected chi connectivity index (χ4v) is 3.20. The SMILES string of the molecule is Nc1c(-c2ccc(Cl)cc2)ccnc1C1CCCCC1. The van der Waals surface area contributed by atoms with E-state index in [1.807, 2.05) is 36.5 Å². The molecule has 0 radical (unpaired) electrons. The molecule has 1 aromatic heterocycles. The van der Waals surface area contributed by atoms with Gasteiger partial charge in [0.25, 0.3) is 0 Å². The first-order valence-electron chi connectivity index (χ1n) is 7.26. The molecule has 0 spiro atoms. The van der Waals surface area contributed by atoms with Crippen LogP contribution >= 0.6 is 11.6 Å². The zero-order valence-corrected chi connectivity index (χ0v) is 12.2. The number of hydrogen-bond acceptors (Lipinski definition) is 2. The van der Waals surface area contributed by atoms with Crippen molar-refractivity contribution in [2.24, 2.45) is 0 Å². The average molecular weight is 287 g/mol. The third-order valence-electron chi connectivity index (χ3n) is 4.17. The summed E-state index contributed by atoms with van der Waals surface area (Å²) in [5.74, 6) is 0.524. The molecule has 104 valence electrons. The van der Waals surface area contributed by atoms with Gasteiger partial charge >= 0.3 is 0 Å². The van der Waals surface area contributed by atoms with Crippen LogP contribution in [0.2, 0.25) is 5.02 Å². The van der Waals surface area contributed by atoms with Crippen molar-refractivity contribution in [3.63, 3.8) is 0 Å². The van der Waals surface area contributed by atoms with Crippen LogP contribution in [0.4, 0.5) is 5.69 Å². The lowest BCUT2D eigenvalue weighted by atomic mass is 9.85. The van der Waals surface area contributed by atoms with E-state index >= 15 is 0 Å². The minimum atomic E-state index is 0.524. The molecule has 0 aliphatic heterocycles. The van der Waals surface area contributed by atoms with Crippen molar-refractivity contribution >= 4 is 17.3 Å². The van der Waals surface area contributed by atoms with Crippen LogP contribution in [-0.4, -0.2) is 4.98 Å². The van der Waals surface area contributed by atoms with E-state index in [2.05, 4.69) is 4.98 Å². The van der Waals surface area contributed by atoms with Crippen LogP contribution in [-0.2, 0) is 0 Å². The van der Waals surface area contributed by atoms with Crippen molar-refractivity contribution in [3.8, 4) is 11.1 Å². The van der Waals surface area contributed by atoms with Gasteiger partial charge in [0.05, 0.1) is 11.4 Å². The van der Waals surface area contributed by atoms with Gasteiger partial charge in [0, 0.05) is 22.7 Å². The van der Waals surface area contributed by atoms with E-state index in [0.29, 0.717) is 5.92 Å². The van der Waals surface area contributed by atoms with Crippen molar-refractivity contribution in [3.05, 3.63) is 47.2 Å². The van der Waals surface area contributed by atoms with Gasteiger partial charge in [0.2, 0.25) is 0 Å². The molecule has 1 saturated carbocycles. The number of aromatic nitrogens is 1. The molecular weight excluding hydrogens is 268 g/mol. The minimum absolute atomic E-state index is 0.524. The molecule has 1 fully saturated rings. The molecular formula is C17H19ClN2. The van der Waals surface area contributed by atoms with Crippen LogP contribution in [0.1, 0.15) is 43.7 Å². The third kappa shape index (κ3) is 2.66. The summed E-state index contributed by atoms with van der Waals surface area (Å²) in [7, 11) is 0. The molecule has 0 amide bonds. The predicted octanol–water partition coefficient (Wildman–Crippen LogP) is 5.03. The van der Waals surface area contributed by atoms with Gasteiger partial charge in [-0.1, -0.05) is 43.0 Å². The summed E-state index contributed by atoms with van der Waals surface area (Å²) < 4.78 is 0. The maximum atomic E-state index is 6.39. The molecule has 3 heteroatoms. The molecule has 2 N–H and O–H groups in total. The molecule has 0 bridgehead atoms. The molecule has 20 heavy (non-hydrogen) atoms. The summed E-state index contributed by atoms with van der Waals surface area (Å²) in [6, 6.07) is 9.82. The number of rotatable bonds is 2. The highest BCUT2D eigenvalue weighted by atomic mass is 35.5. The van der Waals surface area contributed by atoms with E-state index in [0.717, 1.165) is 27.5 Å². The predicted molar refractivity (Wildman–Crippen MR) is 84.9 cm³/mol. The number of benzene rings is 1. The standard InChI is InChI=1S/C17H19ClN2/c18-14-8-6-12(7-9-14)15-10-11-20-17(16(15)19)13-4-2-1-3-5-13/h6-11,13H,1-5,19H2. The molecule has 0 atom stereocenters. The Morgan fingerprint density at radius 3 is 2.40 bits per heavy atom. The summed E-state index contributed by atoms with van der Waals surface area (Å²) in [5.41, 5.74) is 10.5. The molecule has 1 aliphatic rings. The molecule has 2 nitrogen and oxygen atoms in total. The summed E-state index contributed by atoms with van der Waals surface area (Å²) in [6.07, 6.45) is 8.22. The topological polar surface area (TPSA) is 38.9 Å². The van der Waals surface area contributed by atoms with Gasteiger partial charge in [0.15, 0.2) is 0 Å². The quantitative estimate of drug-likeness (QED) is 0.841. The molecule has 0 saturated heterocycles. The minimum Gasteiger partial charge on any atom is -0.397 e. The van der Waals surface area contributed by atoms with Crippen LogP contribution < -0.4 is 5.73 Å². The van der Waals surface area contributed by atoms with Crippen LogP contribution in [0, 0.1) is 0 Å². The van der Waals surface area contributed by atoms with Crippen LogP contribution in [0.3, 0.4) is 0 Å². The Morgan fingerprint density at radius 2 is 1.70 bits per heavy atom. The van der Waals surface area contributed by atoms with E-state index in [4.69, 9.17) is 17.3 Å². The van der Waals surface area contributed by atoms with Gasteiger partial charge in [-0.3, -0.25) is 4.98 Å². The Kier molecular flexibility index (Phi) is 3.93. The second kappa shape index (κ2) is 5.84. The highest BCUT2D eigenvalue weighted by Crippen LogP contribution is 2.37. The van der Waals surface area contributed by atoms with Crippen LogP contribution in [0.15, 0.2) is 36.5 Å². The maximum absolute atomic E-state index is 6.39. The summed E-state index contributed by atoms with van der Waals surface area (Å²) in [6.45, 7) is 0. The molecule has 2 aromatic rings. The zero-order valence-electron chi connectivity index (χ0n) is 11.5. The van der Waals surface area contributed by atoms with E-state index < -0.39 is 0 Å². The zero-order chi connectivity index (χ0) is 13.9. The lowest BCUT2D eigenvalue weighted by Crippen LogP contribution is -2.10. The third-order valence-corrected chi connectivity index (χ3v) is 4.42. The van der Waals surface area contributed by atoms with Crippen molar-refractivity contribution < 1.29 is 0 Å². The van der Waals surface area contributed by atoms with Gasteiger partial charge < -0.3 is 5.73 Å². The number of hydrogen-bond donors (Lipinski definition) is 1. The van der Waals surface area contributed by atoms with E-state index in [1.165, 1.54) is 32.1 Å². The Hall–Kier alpha value is -1.54. The highest BCUT2D eigenvalue weighted by molar-refractivity contribution is 6.30. The Morgan fingerprint density at radius 1 is 1.00 bits per heavy atom. The Labute approximate surface area is 125 Å². The fourth-order valence-electron chi connectivity index (χ4n) is 3.07. The maximum Gasteiger partial charge on any atom is 0.0669 e. The Bertz CT molecular complexity index is 586. The smallest absolute Gasteiger partial charge is 0.0669 e. The molecule has 3 rings (SSSR count). The lowest BCUT2D eigenvalue weighted by Gasteiger charge is -2.23.